The van der Waals surface area contributed by atoms with E-state index in [0.717, 1.165) is 25.2 Å². The third-order valence-corrected chi connectivity index (χ3v) is 3.00. The molecule has 1 aromatic heterocycles. The van der Waals surface area contributed by atoms with Gasteiger partial charge in [0.15, 0.2) is 0 Å². The van der Waals surface area contributed by atoms with Gasteiger partial charge in [-0.15, -0.1) is 10.2 Å². The normalized spacial score (nSPS) is 10.8. The Morgan fingerprint density at radius 3 is 2.53 bits per heavy atom. The predicted molar refractivity (Wildman–Crippen MR) is 69.3 cm³/mol. The van der Waals surface area contributed by atoms with Crippen LogP contribution in [0.2, 0.25) is 5.28 Å². The molecular weight excluding hydrogens is 234 g/mol. The zero-order valence-corrected chi connectivity index (χ0v) is 10.9. The van der Waals surface area contributed by atoms with Gasteiger partial charge in [0, 0.05) is 6.42 Å². The Morgan fingerprint density at radius 1 is 1.18 bits per heavy atom. The van der Waals surface area contributed by atoms with Gasteiger partial charge in [-0.05, 0) is 30.5 Å². The lowest BCUT2D eigenvalue weighted by Crippen LogP contribution is -2.05. The van der Waals surface area contributed by atoms with E-state index in [-0.39, 0.29) is 0 Å². The number of aromatic nitrogens is 3. The largest absolute Gasteiger partial charge is 0.297 e. The van der Waals surface area contributed by atoms with E-state index in [9.17, 15) is 0 Å². The monoisotopic (exact) mass is 249 g/mol. The van der Waals surface area contributed by atoms with Crippen LogP contribution in [-0.4, -0.2) is 14.8 Å². The van der Waals surface area contributed by atoms with E-state index in [1.54, 1.807) is 0 Å². The average molecular weight is 250 g/mol. The van der Waals surface area contributed by atoms with Gasteiger partial charge >= 0.3 is 0 Å². The second-order valence-corrected chi connectivity index (χ2v) is 4.55. The molecule has 2 rings (SSSR count). The molecule has 0 saturated carbocycles. The van der Waals surface area contributed by atoms with Crippen LogP contribution in [0.5, 0.6) is 0 Å². The van der Waals surface area contributed by atoms with Crippen LogP contribution in [0.25, 0.3) is 0 Å². The summed E-state index contributed by atoms with van der Waals surface area (Å²) in [5.74, 6) is 0.957. The van der Waals surface area contributed by atoms with Gasteiger partial charge in [0.05, 0.1) is 6.54 Å². The molecule has 0 spiro atoms. The van der Waals surface area contributed by atoms with E-state index >= 15 is 0 Å². The van der Waals surface area contributed by atoms with Crippen LogP contribution >= 0.6 is 11.6 Å². The summed E-state index contributed by atoms with van der Waals surface area (Å²) in [6, 6.07) is 8.43. The first-order valence-corrected chi connectivity index (χ1v) is 6.21. The van der Waals surface area contributed by atoms with Gasteiger partial charge < -0.3 is 0 Å². The number of hydrogen-bond donors (Lipinski definition) is 0. The molecule has 0 radical (unpaired) electrons. The fourth-order valence-electron chi connectivity index (χ4n) is 1.75. The lowest BCUT2D eigenvalue weighted by molar-refractivity contribution is 0.705. The zero-order chi connectivity index (χ0) is 12.3. The van der Waals surface area contributed by atoms with Crippen molar-refractivity contribution in [3.05, 3.63) is 46.5 Å². The molecule has 0 aliphatic heterocycles. The number of halogens is 1. The van der Waals surface area contributed by atoms with E-state index in [2.05, 4.69) is 48.3 Å². The number of rotatable bonds is 4. The Labute approximate surface area is 106 Å². The van der Waals surface area contributed by atoms with Crippen LogP contribution in [-0.2, 0) is 13.0 Å². The Kier molecular flexibility index (Phi) is 3.79. The summed E-state index contributed by atoms with van der Waals surface area (Å²) in [4.78, 5) is 0. The van der Waals surface area contributed by atoms with Crippen LogP contribution in [0, 0.1) is 6.92 Å². The lowest BCUT2D eigenvalue weighted by Gasteiger charge is -2.07. The summed E-state index contributed by atoms with van der Waals surface area (Å²) >= 11 is 6.05. The third kappa shape index (κ3) is 2.86. The highest BCUT2D eigenvalue weighted by atomic mass is 35.5. The number of nitrogens with zero attached hydrogens (tertiary/aromatic N) is 3. The molecule has 2 aromatic rings. The fourth-order valence-corrected chi connectivity index (χ4v) is 1.95. The number of aryl methyl sites for hydroxylation is 2. The van der Waals surface area contributed by atoms with E-state index in [0.29, 0.717) is 5.28 Å². The highest BCUT2D eigenvalue weighted by Gasteiger charge is 2.09. The third-order valence-electron chi connectivity index (χ3n) is 2.72. The van der Waals surface area contributed by atoms with Crippen molar-refractivity contribution in [2.45, 2.75) is 33.2 Å². The molecule has 0 aliphatic rings. The van der Waals surface area contributed by atoms with Gasteiger partial charge in [0.25, 0.3) is 0 Å². The molecule has 0 amide bonds. The standard InChI is InChI=1S/C13H16ClN3/c1-3-4-12-15-16-13(14)17(12)9-11-7-5-10(2)6-8-11/h5-8H,3-4,9H2,1-2H3. The molecule has 1 heterocycles. The summed E-state index contributed by atoms with van der Waals surface area (Å²) in [5.41, 5.74) is 2.48. The van der Waals surface area contributed by atoms with Crippen LogP contribution in [0.15, 0.2) is 24.3 Å². The van der Waals surface area contributed by atoms with Crippen molar-refractivity contribution < 1.29 is 0 Å². The average Bonchev–Trinajstić information content (AvgIpc) is 2.65. The minimum atomic E-state index is 0.467. The molecule has 90 valence electrons. The first-order chi connectivity index (χ1) is 8.20. The Hall–Kier alpha value is -1.35. The first-order valence-electron chi connectivity index (χ1n) is 5.84. The maximum atomic E-state index is 6.05. The second-order valence-electron chi connectivity index (χ2n) is 4.21. The van der Waals surface area contributed by atoms with E-state index in [1.807, 2.05) is 4.57 Å². The van der Waals surface area contributed by atoms with Gasteiger partial charge in [-0.1, -0.05) is 36.8 Å². The molecule has 0 N–H and O–H groups in total. The van der Waals surface area contributed by atoms with Crippen LogP contribution in [0.3, 0.4) is 0 Å². The van der Waals surface area contributed by atoms with Crippen molar-refractivity contribution in [1.29, 1.82) is 0 Å². The highest BCUT2D eigenvalue weighted by molar-refractivity contribution is 6.28. The second kappa shape index (κ2) is 5.32. The summed E-state index contributed by atoms with van der Waals surface area (Å²) in [5, 5.41) is 8.49. The zero-order valence-electron chi connectivity index (χ0n) is 10.2. The SMILES string of the molecule is CCCc1nnc(Cl)n1Cc1ccc(C)cc1. The Bertz CT molecular complexity index is 488. The lowest BCUT2D eigenvalue weighted by atomic mass is 10.1. The number of benzene rings is 1. The molecule has 4 heteroatoms. The van der Waals surface area contributed by atoms with Crippen molar-refractivity contribution in [1.82, 2.24) is 14.8 Å². The maximum absolute atomic E-state index is 6.05. The quantitative estimate of drug-likeness (QED) is 0.833. The van der Waals surface area contributed by atoms with Gasteiger partial charge in [0.1, 0.15) is 5.82 Å². The van der Waals surface area contributed by atoms with Crippen molar-refractivity contribution in [2.24, 2.45) is 0 Å². The van der Waals surface area contributed by atoms with Crippen LogP contribution in [0.4, 0.5) is 0 Å². The number of hydrogen-bond acceptors (Lipinski definition) is 2. The minimum absolute atomic E-state index is 0.467. The summed E-state index contributed by atoms with van der Waals surface area (Å²) in [6.45, 7) is 4.94. The van der Waals surface area contributed by atoms with Crippen molar-refractivity contribution >= 4 is 11.6 Å². The minimum Gasteiger partial charge on any atom is -0.297 e. The van der Waals surface area contributed by atoms with Gasteiger partial charge in [0.2, 0.25) is 5.28 Å². The molecule has 3 nitrogen and oxygen atoms in total. The van der Waals surface area contributed by atoms with Crippen molar-refractivity contribution in [2.75, 3.05) is 0 Å². The first kappa shape index (κ1) is 12.1. The van der Waals surface area contributed by atoms with Crippen molar-refractivity contribution in [3.63, 3.8) is 0 Å². The van der Waals surface area contributed by atoms with E-state index in [1.165, 1.54) is 11.1 Å². The predicted octanol–water partition coefficient (Wildman–Crippen LogP) is 3.24. The molecule has 0 fully saturated rings. The molecule has 0 aliphatic carbocycles. The Balaban J connectivity index is 2.22. The molecule has 17 heavy (non-hydrogen) atoms. The molecule has 0 bridgehead atoms. The topological polar surface area (TPSA) is 30.7 Å². The van der Waals surface area contributed by atoms with E-state index in [4.69, 9.17) is 11.6 Å². The molecule has 0 unspecified atom stereocenters. The van der Waals surface area contributed by atoms with Crippen molar-refractivity contribution in [3.8, 4) is 0 Å². The van der Waals surface area contributed by atoms with Gasteiger partial charge in [-0.25, -0.2) is 0 Å². The summed E-state index contributed by atoms with van der Waals surface area (Å²) < 4.78 is 1.97. The molecule has 0 saturated heterocycles. The molecule has 0 atom stereocenters. The summed E-state index contributed by atoms with van der Waals surface area (Å²) in [7, 11) is 0. The summed E-state index contributed by atoms with van der Waals surface area (Å²) in [6.07, 6.45) is 1.95. The van der Waals surface area contributed by atoms with Crippen LogP contribution in [0.1, 0.15) is 30.3 Å². The van der Waals surface area contributed by atoms with Gasteiger partial charge in [-0.3, -0.25) is 4.57 Å². The smallest absolute Gasteiger partial charge is 0.225 e. The molecule has 1 aromatic carbocycles. The highest BCUT2D eigenvalue weighted by Crippen LogP contribution is 2.13. The Morgan fingerprint density at radius 2 is 1.88 bits per heavy atom. The van der Waals surface area contributed by atoms with E-state index < -0.39 is 0 Å². The maximum Gasteiger partial charge on any atom is 0.225 e. The van der Waals surface area contributed by atoms with Crippen LogP contribution < -0.4 is 0 Å². The molecular formula is C13H16ClN3. The fraction of sp³-hybridized carbons (Fsp3) is 0.385. The van der Waals surface area contributed by atoms with Gasteiger partial charge in [-0.2, -0.15) is 0 Å².